The maximum atomic E-state index is 13.0. The van der Waals surface area contributed by atoms with Gasteiger partial charge in [-0.15, -0.1) is 0 Å². The predicted molar refractivity (Wildman–Crippen MR) is 113 cm³/mol. The summed E-state index contributed by atoms with van der Waals surface area (Å²) in [4.78, 5) is 46.5. The van der Waals surface area contributed by atoms with Gasteiger partial charge in [0.25, 0.3) is 11.4 Å². The van der Waals surface area contributed by atoms with E-state index in [2.05, 4.69) is 15.9 Å². The molecule has 0 saturated heterocycles. The minimum atomic E-state index is -1.40. The number of halogens is 1. The Labute approximate surface area is 183 Å². The van der Waals surface area contributed by atoms with Crippen molar-refractivity contribution in [2.24, 2.45) is 0 Å². The summed E-state index contributed by atoms with van der Waals surface area (Å²) in [5, 5.41) is 22.0. The third-order valence-corrected chi connectivity index (χ3v) is 4.98. The minimum absolute atomic E-state index is 0.123. The van der Waals surface area contributed by atoms with Crippen LogP contribution in [0.15, 0.2) is 77.3 Å². The molecule has 0 aromatic heterocycles. The molecule has 0 N–H and O–H groups in total. The summed E-state index contributed by atoms with van der Waals surface area (Å²) in [6.07, 6.45) is -1.40. The Kier molecular flexibility index (Phi) is 6.51. The number of esters is 1. The first-order chi connectivity index (χ1) is 14.8. The van der Waals surface area contributed by atoms with Crippen molar-refractivity contribution in [3.8, 4) is 0 Å². The summed E-state index contributed by atoms with van der Waals surface area (Å²) in [6.45, 7) is 0. The lowest BCUT2D eigenvalue weighted by Crippen LogP contribution is -2.20. The molecule has 0 amide bonds. The Morgan fingerprint density at radius 2 is 1.48 bits per heavy atom. The van der Waals surface area contributed by atoms with Gasteiger partial charge < -0.3 is 4.74 Å². The van der Waals surface area contributed by atoms with Crippen LogP contribution in [0, 0.1) is 20.2 Å². The summed E-state index contributed by atoms with van der Waals surface area (Å²) in [5.74, 6) is -1.50. The van der Waals surface area contributed by atoms with Gasteiger partial charge >= 0.3 is 5.97 Å². The molecule has 156 valence electrons. The highest BCUT2D eigenvalue weighted by atomic mass is 79.9. The van der Waals surface area contributed by atoms with Crippen molar-refractivity contribution in [1.82, 2.24) is 0 Å². The molecule has 0 aliphatic rings. The average molecular weight is 485 g/mol. The monoisotopic (exact) mass is 484 g/mol. The fraction of sp³-hybridized carbons (Fsp3) is 0.0476. The van der Waals surface area contributed by atoms with Crippen molar-refractivity contribution in [2.45, 2.75) is 6.10 Å². The third-order valence-electron chi connectivity index (χ3n) is 4.31. The van der Waals surface area contributed by atoms with Gasteiger partial charge in [0.1, 0.15) is 0 Å². The van der Waals surface area contributed by atoms with Gasteiger partial charge in [0.2, 0.25) is 5.78 Å². The number of nitrogens with zero attached hydrogens (tertiary/aromatic N) is 2. The summed E-state index contributed by atoms with van der Waals surface area (Å²) in [6, 6.07) is 16.8. The molecule has 0 spiro atoms. The highest BCUT2D eigenvalue weighted by Gasteiger charge is 2.28. The molecule has 0 aliphatic carbocycles. The molecule has 0 aliphatic heterocycles. The van der Waals surface area contributed by atoms with E-state index in [1.807, 2.05) is 0 Å². The first-order valence-corrected chi connectivity index (χ1v) is 9.56. The lowest BCUT2D eigenvalue weighted by Gasteiger charge is -2.17. The van der Waals surface area contributed by atoms with E-state index in [4.69, 9.17) is 4.74 Å². The summed E-state index contributed by atoms with van der Waals surface area (Å²) < 4.78 is 5.60. The van der Waals surface area contributed by atoms with E-state index in [1.165, 1.54) is 36.4 Å². The maximum Gasteiger partial charge on any atom is 0.339 e. The molecule has 0 radical (unpaired) electrons. The number of nitro groups is 2. The number of benzene rings is 3. The van der Waals surface area contributed by atoms with Crippen molar-refractivity contribution in [3.05, 3.63) is 114 Å². The normalized spacial score (nSPS) is 11.4. The molecule has 3 aromatic carbocycles. The van der Waals surface area contributed by atoms with E-state index in [-0.39, 0.29) is 32.5 Å². The number of hydrogen-bond acceptors (Lipinski definition) is 7. The van der Waals surface area contributed by atoms with Crippen LogP contribution in [0.5, 0.6) is 0 Å². The van der Waals surface area contributed by atoms with Crippen LogP contribution in [0.2, 0.25) is 0 Å². The van der Waals surface area contributed by atoms with Gasteiger partial charge in [-0.25, -0.2) is 4.79 Å². The molecular weight excluding hydrogens is 472 g/mol. The number of non-ortho nitro benzene ring substituents is 1. The van der Waals surface area contributed by atoms with Gasteiger partial charge in [0.05, 0.1) is 19.9 Å². The number of ketones is 1. The minimum Gasteiger partial charge on any atom is -0.445 e. The zero-order valence-electron chi connectivity index (χ0n) is 15.6. The molecule has 0 fully saturated rings. The lowest BCUT2D eigenvalue weighted by molar-refractivity contribution is -0.385. The van der Waals surface area contributed by atoms with E-state index in [0.717, 1.165) is 6.07 Å². The average Bonchev–Trinajstić information content (AvgIpc) is 2.77. The first-order valence-electron chi connectivity index (χ1n) is 8.76. The molecule has 10 heteroatoms. The fourth-order valence-electron chi connectivity index (χ4n) is 2.75. The highest BCUT2D eigenvalue weighted by molar-refractivity contribution is 9.10. The number of carbonyl (C=O) groups excluding carboxylic acids is 2. The van der Waals surface area contributed by atoms with Gasteiger partial charge in [-0.3, -0.25) is 25.0 Å². The van der Waals surface area contributed by atoms with E-state index in [9.17, 15) is 29.8 Å². The quantitative estimate of drug-likeness (QED) is 0.198. The Morgan fingerprint density at radius 3 is 2.06 bits per heavy atom. The van der Waals surface area contributed by atoms with Crippen LogP contribution in [0.3, 0.4) is 0 Å². The summed E-state index contributed by atoms with van der Waals surface area (Å²) >= 11 is 3.04. The molecule has 9 nitrogen and oxygen atoms in total. The summed E-state index contributed by atoms with van der Waals surface area (Å²) in [7, 11) is 0. The number of carbonyl (C=O) groups is 2. The van der Waals surface area contributed by atoms with E-state index >= 15 is 0 Å². The van der Waals surface area contributed by atoms with Crippen LogP contribution in [-0.2, 0) is 4.74 Å². The van der Waals surface area contributed by atoms with Crippen LogP contribution in [-0.4, -0.2) is 21.6 Å². The molecule has 3 aromatic rings. The van der Waals surface area contributed by atoms with Crippen LogP contribution in [0.25, 0.3) is 0 Å². The Morgan fingerprint density at radius 1 is 0.839 bits per heavy atom. The number of ether oxygens (including phenoxy) is 1. The van der Waals surface area contributed by atoms with Crippen LogP contribution in [0.1, 0.15) is 32.4 Å². The van der Waals surface area contributed by atoms with Crippen molar-refractivity contribution in [3.63, 3.8) is 0 Å². The molecule has 31 heavy (non-hydrogen) atoms. The van der Waals surface area contributed by atoms with Gasteiger partial charge in [-0.05, 0) is 40.2 Å². The van der Waals surface area contributed by atoms with Gasteiger partial charge in [-0.2, -0.15) is 0 Å². The molecule has 1 atom stereocenters. The molecule has 3 rings (SSSR count). The SMILES string of the molecule is O=C(O[C@@H](C(=O)c1ccccc1)c1ccc([N+](=O)[O-])cc1)c1ccc(Br)c([N+](=O)[O-])c1. The second-order valence-electron chi connectivity index (χ2n) is 6.29. The molecule has 0 heterocycles. The molecule has 0 unspecified atom stereocenters. The first kappa shape index (κ1) is 21.8. The lowest BCUT2D eigenvalue weighted by atomic mass is 9.99. The van der Waals surface area contributed by atoms with Crippen molar-refractivity contribution in [2.75, 3.05) is 0 Å². The molecule has 0 saturated carbocycles. The number of nitro benzene ring substituents is 2. The number of rotatable bonds is 7. The largest absolute Gasteiger partial charge is 0.445 e. The molecular formula is C21H13BrN2O7. The van der Waals surface area contributed by atoms with Crippen LogP contribution < -0.4 is 0 Å². The maximum absolute atomic E-state index is 13.0. The van der Waals surface area contributed by atoms with Gasteiger partial charge in [-0.1, -0.05) is 30.3 Å². The zero-order valence-corrected chi connectivity index (χ0v) is 17.2. The van der Waals surface area contributed by atoms with Crippen LogP contribution in [0.4, 0.5) is 11.4 Å². The van der Waals surface area contributed by atoms with E-state index in [1.54, 1.807) is 30.3 Å². The third kappa shape index (κ3) is 4.98. The second-order valence-corrected chi connectivity index (χ2v) is 7.14. The Bertz CT molecular complexity index is 1160. The van der Waals surface area contributed by atoms with E-state index in [0.29, 0.717) is 0 Å². The van der Waals surface area contributed by atoms with Crippen LogP contribution >= 0.6 is 15.9 Å². The summed E-state index contributed by atoms with van der Waals surface area (Å²) in [5.41, 5.74) is -0.164. The zero-order chi connectivity index (χ0) is 22.5. The second kappa shape index (κ2) is 9.26. The predicted octanol–water partition coefficient (Wildman–Crippen LogP) is 5.05. The fourth-order valence-corrected chi connectivity index (χ4v) is 3.14. The smallest absolute Gasteiger partial charge is 0.339 e. The highest BCUT2D eigenvalue weighted by Crippen LogP contribution is 2.29. The Hall–Kier alpha value is -3.92. The van der Waals surface area contributed by atoms with Gasteiger partial charge in [0.15, 0.2) is 6.10 Å². The van der Waals surface area contributed by atoms with Crippen molar-refractivity contribution < 1.29 is 24.2 Å². The van der Waals surface area contributed by atoms with E-state index < -0.39 is 27.7 Å². The molecule has 0 bridgehead atoms. The Balaban J connectivity index is 1.97. The standard InChI is InChI=1S/C21H13BrN2O7/c22-17-11-8-15(12-18(17)24(29)30)21(26)31-20(19(25)13-4-2-1-3-5-13)14-6-9-16(10-7-14)23(27)28/h1-12,20H/t20-/m1/s1. The van der Waals surface area contributed by atoms with Gasteiger partial charge in [0, 0.05) is 29.3 Å². The van der Waals surface area contributed by atoms with Crippen molar-refractivity contribution >= 4 is 39.1 Å². The number of Topliss-reactive ketones (excluding diaryl/α,β-unsaturated/α-hetero) is 1. The van der Waals surface area contributed by atoms with Crippen molar-refractivity contribution in [1.29, 1.82) is 0 Å². The number of hydrogen-bond donors (Lipinski definition) is 0. The topological polar surface area (TPSA) is 130 Å².